The second kappa shape index (κ2) is 10.9. The topological polar surface area (TPSA) is 50.7 Å². The van der Waals surface area contributed by atoms with Crippen molar-refractivity contribution in [2.45, 2.75) is 53.5 Å². The Morgan fingerprint density at radius 1 is 1.41 bits per heavy atom. The Bertz CT molecular complexity index is 703. The number of nitrogens with one attached hydrogen (secondary N) is 1. The summed E-state index contributed by atoms with van der Waals surface area (Å²) in [6, 6.07) is 7.12. The lowest BCUT2D eigenvalue weighted by atomic mass is 9.93. The molecule has 0 aliphatic rings. The molecular formula is C22H31ClN2O2. The molecule has 1 rings (SSSR count). The number of halogens is 1. The number of hydrogen-bond donors (Lipinski definition) is 1. The van der Waals surface area contributed by atoms with E-state index in [0.29, 0.717) is 12.3 Å². The van der Waals surface area contributed by atoms with E-state index in [1.54, 1.807) is 12.3 Å². The van der Waals surface area contributed by atoms with Gasteiger partial charge in [0.05, 0.1) is 23.4 Å². The Morgan fingerprint density at radius 3 is 2.67 bits per heavy atom. The fraction of sp³-hybridized carbons (Fsp3) is 0.455. The van der Waals surface area contributed by atoms with Gasteiger partial charge in [-0.25, -0.2) is 0 Å². The second-order valence-corrected chi connectivity index (χ2v) is 7.79. The first kappa shape index (κ1) is 23.0. The highest BCUT2D eigenvalue weighted by Gasteiger charge is 2.28. The maximum Gasteiger partial charge on any atom is 0.226 e. The maximum atomic E-state index is 12.7. The number of carbonyl (C=O) groups excluding carboxylic acids is 1. The SMILES string of the molecule is C=C(Cl)C(=N/C=C\C)C(NC(=O)C(C)(C)C)c1cccc(OCCCC)c1. The standard InChI is InChI=1S/C22H31ClN2O2/c1-7-9-14-27-18-12-10-11-17(15-18)20(25-21(26)22(4,5)6)19(16(3)23)24-13-8-2/h8,10-13,15,20H,3,7,9,14H2,1-2,4-6H3,(H,25,26)/b13-8-,24-19?. The molecule has 5 heteroatoms. The van der Waals surface area contributed by atoms with Gasteiger partial charge in [0.25, 0.3) is 0 Å². The number of rotatable bonds is 9. The average molecular weight is 391 g/mol. The van der Waals surface area contributed by atoms with Crippen molar-refractivity contribution in [3.8, 4) is 5.75 Å². The molecule has 0 bridgehead atoms. The highest BCUT2D eigenvalue weighted by atomic mass is 35.5. The lowest BCUT2D eigenvalue weighted by Gasteiger charge is -2.26. The van der Waals surface area contributed by atoms with Gasteiger partial charge >= 0.3 is 0 Å². The van der Waals surface area contributed by atoms with Crippen LogP contribution in [0, 0.1) is 5.41 Å². The molecule has 1 unspecified atom stereocenters. The molecule has 0 aromatic heterocycles. The molecule has 1 aromatic rings. The molecule has 27 heavy (non-hydrogen) atoms. The Balaban J connectivity index is 3.30. The van der Waals surface area contributed by atoms with Crippen molar-refractivity contribution in [2.75, 3.05) is 6.61 Å². The first-order chi connectivity index (χ1) is 12.7. The van der Waals surface area contributed by atoms with Gasteiger partial charge in [0.1, 0.15) is 5.75 Å². The summed E-state index contributed by atoms with van der Waals surface area (Å²) in [5.41, 5.74) is 0.789. The van der Waals surface area contributed by atoms with Crippen molar-refractivity contribution in [3.05, 3.63) is 53.7 Å². The maximum absolute atomic E-state index is 12.7. The van der Waals surface area contributed by atoms with Crippen LogP contribution in [0.15, 0.2) is 53.1 Å². The van der Waals surface area contributed by atoms with Crippen molar-refractivity contribution in [1.29, 1.82) is 0 Å². The van der Waals surface area contributed by atoms with Crippen LogP contribution in [0.3, 0.4) is 0 Å². The molecule has 0 spiro atoms. The molecule has 1 N–H and O–H groups in total. The van der Waals surface area contributed by atoms with Crippen LogP contribution in [0.2, 0.25) is 0 Å². The molecule has 0 saturated heterocycles. The summed E-state index contributed by atoms with van der Waals surface area (Å²) in [5.74, 6) is 0.650. The number of hydrogen-bond acceptors (Lipinski definition) is 3. The van der Waals surface area contributed by atoms with Crippen LogP contribution in [0.5, 0.6) is 5.75 Å². The summed E-state index contributed by atoms with van der Waals surface area (Å²) >= 11 is 6.22. The molecule has 0 heterocycles. The minimum Gasteiger partial charge on any atom is -0.494 e. The van der Waals surface area contributed by atoms with Gasteiger partial charge < -0.3 is 10.1 Å². The number of aliphatic imine (C=N–C) groups is 1. The van der Waals surface area contributed by atoms with Gasteiger partial charge in [-0.15, -0.1) is 0 Å². The van der Waals surface area contributed by atoms with Crippen LogP contribution >= 0.6 is 11.6 Å². The van der Waals surface area contributed by atoms with Gasteiger partial charge in [-0.05, 0) is 31.0 Å². The van der Waals surface area contributed by atoms with E-state index in [1.165, 1.54) is 0 Å². The fourth-order valence-electron chi connectivity index (χ4n) is 2.23. The smallest absolute Gasteiger partial charge is 0.226 e. The summed E-state index contributed by atoms with van der Waals surface area (Å²) in [4.78, 5) is 17.1. The van der Waals surface area contributed by atoms with E-state index in [1.807, 2.05) is 52.0 Å². The highest BCUT2D eigenvalue weighted by Crippen LogP contribution is 2.26. The van der Waals surface area contributed by atoms with Crippen LogP contribution in [-0.4, -0.2) is 18.2 Å². The Morgan fingerprint density at radius 2 is 2.11 bits per heavy atom. The van der Waals surface area contributed by atoms with Crippen molar-refractivity contribution < 1.29 is 9.53 Å². The van der Waals surface area contributed by atoms with E-state index < -0.39 is 11.5 Å². The van der Waals surface area contributed by atoms with E-state index >= 15 is 0 Å². The molecule has 0 aliphatic carbocycles. The second-order valence-electron chi connectivity index (χ2n) is 7.33. The summed E-state index contributed by atoms with van der Waals surface area (Å²) in [6.07, 6.45) is 5.49. The van der Waals surface area contributed by atoms with Gasteiger partial charge in [-0.1, -0.05) is 70.5 Å². The van der Waals surface area contributed by atoms with E-state index in [9.17, 15) is 4.79 Å². The normalized spacial score (nSPS) is 13.5. The zero-order chi connectivity index (χ0) is 20.4. The summed E-state index contributed by atoms with van der Waals surface area (Å²) in [7, 11) is 0. The van der Waals surface area contributed by atoms with Crippen molar-refractivity contribution in [2.24, 2.45) is 10.4 Å². The molecule has 1 amide bonds. The molecule has 1 aromatic carbocycles. The minimum atomic E-state index is -0.549. The lowest BCUT2D eigenvalue weighted by Crippen LogP contribution is -2.40. The molecular weight excluding hydrogens is 360 g/mol. The number of unbranched alkanes of at least 4 members (excludes halogenated alkanes) is 1. The average Bonchev–Trinajstić information content (AvgIpc) is 2.60. The van der Waals surface area contributed by atoms with E-state index in [0.717, 1.165) is 24.2 Å². The minimum absolute atomic E-state index is 0.101. The van der Waals surface area contributed by atoms with Crippen molar-refractivity contribution >= 4 is 23.2 Å². The zero-order valence-electron chi connectivity index (χ0n) is 17.0. The fourth-order valence-corrected chi connectivity index (χ4v) is 2.39. The lowest BCUT2D eigenvalue weighted by molar-refractivity contribution is -0.128. The van der Waals surface area contributed by atoms with Gasteiger partial charge in [-0.2, -0.15) is 0 Å². The monoisotopic (exact) mass is 390 g/mol. The highest BCUT2D eigenvalue weighted by molar-refractivity contribution is 6.44. The van der Waals surface area contributed by atoms with Gasteiger partial charge in [0.2, 0.25) is 5.91 Å². The molecule has 148 valence electrons. The molecule has 0 saturated carbocycles. The van der Waals surface area contributed by atoms with Crippen LogP contribution < -0.4 is 10.1 Å². The number of allylic oxidation sites excluding steroid dienone is 1. The zero-order valence-corrected chi connectivity index (χ0v) is 17.8. The first-order valence-corrected chi connectivity index (χ1v) is 9.65. The molecule has 0 fully saturated rings. The van der Waals surface area contributed by atoms with Crippen LogP contribution in [0.4, 0.5) is 0 Å². The summed E-state index contributed by atoms with van der Waals surface area (Å²) in [5, 5.41) is 3.34. The van der Waals surface area contributed by atoms with Gasteiger partial charge in [0.15, 0.2) is 0 Å². The van der Waals surface area contributed by atoms with Crippen molar-refractivity contribution in [1.82, 2.24) is 5.32 Å². The summed E-state index contributed by atoms with van der Waals surface area (Å²) < 4.78 is 5.81. The van der Waals surface area contributed by atoms with Gasteiger partial charge in [0, 0.05) is 11.6 Å². The first-order valence-electron chi connectivity index (χ1n) is 9.28. The Kier molecular flexibility index (Phi) is 9.30. The Hall–Kier alpha value is -2.07. The third-order valence-electron chi connectivity index (χ3n) is 3.83. The quantitative estimate of drug-likeness (QED) is 0.428. The third-order valence-corrected chi connectivity index (χ3v) is 4.02. The molecule has 0 aliphatic heterocycles. The molecule has 4 nitrogen and oxygen atoms in total. The predicted molar refractivity (Wildman–Crippen MR) is 114 cm³/mol. The molecule has 0 radical (unpaired) electrons. The van der Waals surface area contributed by atoms with E-state index in [4.69, 9.17) is 16.3 Å². The van der Waals surface area contributed by atoms with Crippen LogP contribution in [0.25, 0.3) is 0 Å². The summed E-state index contributed by atoms with van der Waals surface area (Å²) in [6.45, 7) is 14.1. The largest absolute Gasteiger partial charge is 0.494 e. The molecule has 1 atom stereocenters. The van der Waals surface area contributed by atoms with Crippen LogP contribution in [0.1, 0.15) is 59.1 Å². The number of carbonyl (C=O) groups is 1. The van der Waals surface area contributed by atoms with Gasteiger partial charge in [-0.3, -0.25) is 9.79 Å². The number of benzene rings is 1. The van der Waals surface area contributed by atoms with Crippen molar-refractivity contribution in [3.63, 3.8) is 0 Å². The predicted octanol–water partition coefficient (Wildman–Crippen LogP) is 5.80. The third kappa shape index (κ3) is 7.59. The van der Waals surface area contributed by atoms with E-state index in [-0.39, 0.29) is 10.9 Å². The number of ether oxygens (including phenoxy) is 1. The Labute approximate surface area is 168 Å². The number of amides is 1. The van der Waals surface area contributed by atoms with E-state index in [2.05, 4.69) is 23.8 Å². The number of nitrogens with zero attached hydrogens (tertiary/aromatic N) is 1. The van der Waals surface area contributed by atoms with Crippen LogP contribution in [-0.2, 0) is 4.79 Å².